The Morgan fingerprint density at radius 2 is 2.05 bits per heavy atom. The third-order valence-corrected chi connectivity index (χ3v) is 3.98. The SMILES string of the molecule is COC(=O)N[C@H](C(=O)N1CCC[C@H]1C(=O)CBr)C(C)C. The molecule has 1 fully saturated rings. The molecule has 0 spiro atoms. The zero-order valence-corrected chi connectivity index (χ0v) is 13.6. The summed E-state index contributed by atoms with van der Waals surface area (Å²) >= 11 is 3.14. The molecule has 0 aromatic heterocycles. The number of carbonyl (C=O) groups excluding carboxylic acids is 3. The van der Waals surface area contributed by atoms with Crippen molar-refractivity contribution in [2.24, 2.45) is 5.92 Å². The largest absolute Gasteiger partial charge is 0.453 e. The molecular weight excluding hydrogens is 328 g/mol. The number of alkyl halides is 1. The average Bonchev–Trinajstić information content (AvgIpc) is 2.91. The molecule has 0 unspecified atom stereocenters. The number of halogens is 1. The summed E-state index contributed by atoms with van der Waals surface area (Å²) in [6.07, 6.45) is 0.844. The molecule has 0 aromatic carbocycles. The number of likely N-dealkylation sites (tertiary alicyclic amines) is 1. The Kier molecular flexibility index (Phi) is 6.45. The van der Waals surface area contributed by atoms with Crippen LogP contribution in [0.5, 0.6) is 0 Å². The summed E-state index contributed by atoms with van der Waals surface area (Å²) < 4.78 is 4.54. The molecule has 6 nitrogen and oxygen atoms in total. The van der Waals surface area contributed by atoms with E-state index in [4.69, 9.17) is 0 Å². The number of alkyl carbamates (subject to hydrolysis) is 1. The van der Waals surface area contributed by atoms with Crippen LogP contribution in [-0.2, 0) is 14.3 Å². The number of nitrogens with zero attached hydrogens (tertiary/aromatic N) is 1. The fraction of sp³-hybridized carbons (Fsp3) is 0.769. The summed E-state index contributed by atoms with van der Waals surface area (Å²) in [6, 6.07) is -1.06. The summed E-state index contributed by atoms with van der Waals surface area (Å²) in [5.74, 6) is -0.305. The molecule has 1 rings (SSSR count). The second-order valence-corrected chi connectivity index (χ2v) is 5.71. The van der Waals surface area contributed by atoms with E-state index in [1.54, 1.807) is 4.90 Å². The van der Waals surface area contributed by atoms with E-state index < -0.39 is 12.1 Å². The molecule has 1 N–H and O–H groups in total. The van der Waals surface area contributed by atoms with E-state index in [9.17, 15) is 14.4 Å². The molecule has 7 heteroatoms. The van der Waals surface area contributed by atoms with Gasteiger partial charge in [0.15, 0.2) is 5.78 Å². The molecule has 1 aliphatic rings. The van der Waals surface area contributed by atoms with Crippen LogP contribution in [0.1, 0.15) is 26.7 Å². The number of ketones is 1. The van der Waals surface area contributed by atoms with Crippen molar-refractivity contribution in [2.75, 3.05) is 19.0 Å². The Labute approximate surface area is 127 Å². The van der Waals surface area contributed by atoms with Gasteiger partial charge in [0, 0.05) is 6.54 Å². The second-order valence-electron chi connectivity index (χ2n) is 5.15. The van der Waals surface area contributed by atoms with Gasteiger partial charge in [0.2, 0.25) is 5.91 Å². The number of rotatable bonds is 5. The van der Waals surface area contributed by atoms with Crippen LogP contribution in [0.15, 0.2) is 0 Å². The molecular formula is C13H21BrN2O4. The molecule has 1 aliphatic heterocycles. The zero-order valence-electron chi connectivity index (χ0n) is 12.0. The lowest BCUT2D eigenvalue weighted by molar-refractivity contribution is -0.139. The third-order valence-electron chi connectivity index (χ3n) is 3.43. The van der Waals surface area contributed by atoms with Gasteiger partial charge >= 0.3 is 6.09 Å². The smallest absolute Gasteiger partial charge is 0.407 e. The predicted molar refractivity (Wildman–Crippen MR) is 77.7 cm³/mol. The van der Waals surface area contributed by atoms with Crippen molar-refractivity contribution < 1.29 is 19.1 Å². The highest BCUT2D eigenvalue weighted by Gasteiger charge is 2.38. The Morgan fingerprint density at radius 3 is 2.55 bits per heavy atom. The molecule has 20 heavy (non-hydrogen) atoms. The molecule has 0 aliphatic carbocycles. The molecule has 0 bridgehead atoms. The van der Waals surface area contributed by atoms with Crippen LogP contribution < -0.4 is 5.32 Å². The quantitative estimate of drug-likeness (QED) is 0.760. The monoisotopic (exact) mass is 348 g/mol. The first kappa shape index (κ1) is 16.9. The first-order valence-corrected chi connectivity index (χ1v) is 7.78. The van der Waals surface area contributed by atoms with E-state index >= 15 is 0 Å². The minimum atomic E-state index is -0.675. The van der Waals surface area contributed by atoms with Gasteiger partial charge in [0.05, 0.1) is 18.5 Å². The fourth-order valence-electron chi connectivity index (χ4n) is 2.33. The van der Waals surface area contributed by atoms with Crippen LogP contribution in [0.4, 0.5) is 4.79 Å². The Hall–Kier alpha value is -1.11. The maximum absolute atomic E-state index is 12.6. The van der Waals surface area contributed by atoms with Crippen LogP contribution in [0.25, 0.3) is 0 Å². The lowest BCUT2D eigenvalue weighted by Crippen LogP contribution is -2.53. The van der Waals surface area contributed by atoms with Gasteiger partial charge in [-0.1, -0.05) is 29.8 Å². The summed E-state index contributed by atoms with van der Waals surface area (Å²) in [4.78, 5) is 37.3. The third kappa shape index (κ3) is 3.94. The Bertz CT molecular complexity index is 383. The Morgan fingerprint density at radius 1 is 1.40 bits per heavy atom. The van der Waals surface area contributed by atoms with Crippen molar-refractivity contribution in [3.05, 3.63) is 0 Å². The maximum atomic E-state index is 12.6. The number of carbonyl (C=O) groups is 3. The standard InChI is InChI=1S/C13H21BrN2O4/c1-8(2)11(15-13(19)20-3)12(18)16-6-4-5-9(16)10(17)7-14/h8-9,11H,4-7H2,1-3H3,(H,15,19)/t9-,11-/m0/s1. The van der Waals surface area contributed by atoms with E-state index in [1.807, 2.05) is 13.8 Å². The summed E-state index contributed by atoms with van der Waals surface area (Å²) in [7, 11) is 1.25. The first-order valence-electron chi connectivity index (χ1n) is 6.66. The molecule has 2 amide bonds. The highest BCUT2D eigenvalue weighted by molar-refractivity contribution is 9.09. The van der Waals surface area contributed by atoms with Gasteiger partial charge in [0.25, 0.3) is 0 Å². The molecule has 0 radical (unpaired) electrons. The van der Waals surface area contributed by atoms with Gasteiger partial charge < -0.3 is 15.0 Å². The number of hydrogen-bond donors (Lipinski definition) is 1. The Balaban J connectivity index is 2.83. The normalized spacial score (nSPS) is 19.9. The van der Waals surface area contributed by atoms with E-state index in [2.05, 4.69) is 26.0 Å². The second kappa shape index (κ2) is 7.61. The van der Waals surface area contributed by atoms with Crippen LogP contribution in [0.3, 0.4) is 0 Å². The van der Waals surface area contributed by atoms with Crippen molar-refractivity contribution in [3.63, 3.8) is 0 Å². The van der Waals surface area contributed by atoms with Crippen molar-refractivity contribution in [2.45, 2.75) is 38.8 Å². The number of methoxy groups -OCH3 is 1. The fourth-order valence-corrected chi connectivity index (χ4v) is 2.71. The minimum Gasteiger partial charge on any atom is -0.453 e. The van der Waals surface area contributed by atoms with Crippen LogP contribution in [0.2, 0.25) is 0 Å². The summed E-state index contributed by atoms with van der Waals surface area (Å²) in [5.41, 5.74) is 0. The van der Waals surface area contributed by atoms with Gasteiger partial charge in [-0.05, 0) is 18.8 Å². The van der Waals surface area contributed by atoms with E-state index in [-0.39, 0.29) is 29.0 Å². The van der Waals surface area contributed by atoms with Gasteiger partial charge in [-0.25, -0.2) is 4.79 Å². The van der Waals surface area contributed by atoms with Gasteiger partial charge in [-0.3, -0.25) is 9.59 Å². The number of Topliss-reactive ketones (excluding diaryl/α,β-unsaturated/α-hetero) is 1. The predicted octanol–water partition coefficient (Wildman–Crippen LogP) is 1.32. The minimum absolute atomic E-state index is 0.00331. The summed E-state index contributed by atoms with van der Waals surface area (Å²) in [6.45, 7) is 4.24. The number of hydrogen-bond acceptors (Lipinski definition) is 4. The van der Waals surface area contributed by atoms with Crippen molar-refractivity contribution in [1.29, 1.82) is 0 Å². The maximum Gasteiger partial charge on any atom is 0.407 e. The highest BCUT2D eigenvalue weighted by atomic mass is 79.9. The van der Waals surface area contributed by atoms with Gasteiger partial charge in [-0.15, -0.1) is 0 Å². The van der Waals surface area contributed by atoms with E-state index in [0.717, 1.165) is 6.42 Å². The number of nitrogens with one attached hydrogen (secondary N) is 1. The van der Waals surface area contributed by atoms with Crippen LogP contribution in [0, 0.1) is 5.92 Å². The van der Waals surface area contributed by atoms with E-state index in [0.29, 0.717) is 13.0 Å². The molecule has 1 saturated heterocycles. The van der Waals surface area contributed by atoms with Crippen LogP contribution >= 0.6 is 15.9 Å². The molecule has 0 saturated carbocycles. The zero-order chi connectivity index (χ0) is 15.3. The van der Waals surface area contributed by atoms with Crippen molar-refractivity contribution >= 4 is 33.7 Å². The molecule has 1 heterocycles. The molecule has 2 atom stereocenters. The molecule has 0 aromatic rings. The number of ether oxygens (including phenoxy) is 1. The topological polar surface area (TPSA) is 75.7 Å². The average molecular weight is 349 g/mol. The van der Waals surface area contributed by atoms with Crippen molar-refractivity contribution in [1.82, 2.24) is 10.2 Å². The summed E-state index contributed by atoms with van der Waals surface area (Å²) in [5, 5.41) is 2.78. The lowest BCUT2D eigenvalue weighted by Gasteiger charge is -2.29. The molecule has 114 valence electrons. The first-order chi connectivity index (χ1) is 9.42. The van der Waals surface area contributed by atoms with Gasteiger partial charge in [0.1, 0.15) is 6.04 Å². The van der Waals surface area contributed by atoms with Crippen LogP contribution in [-0.4, -0.2) is 53.8 Å². The van der Waals surface area contributed by atoms with Crippen molar-refractivity contribution in [3.8, 4) is 0 Å². The highest BCUT2D eigenvalue weighted by Crippen LogP contribution is 2.21. The lowest BCUT2D eigenvalue weighted by atomic mass is 10.0. The van der Waals surface area contributed by atoms with E-state index in [1.165, 1.54) is 7.11 Å². The number of amides is 2. The van der Waals surface area contributed by atoms with Gasteiger partial charge in [-0.2, -0.15) is 0 Å².